The summed E-state index contributed by atoms with van der Waals surface area (Å²) in [4.78, 5) is 18.1. The summed E-state index contributed by atoms with van der Waals surface area (Å²) in [6.45, 7) is 5.93. The number of aromatic hydroxyl groups is 1. The average Bonchev–Trinajstić information content (AvgIpc) is 3.13. The van der Waals surface area contributed by atoms with Gasteiger partial charge in [0.25, 0.3) is 5.91 Å². The van der Waals surface area contributed by atoms with Gasteiger partial charge < -0.3 is 9.67 Å². The molecule has 6 nitrogen and oxygen atoms in total. The minimum Gasteiger partial charge on any atom is -0.493 e. The third kappa shape index (κ3) is 3.73. The molecule has 3 aromatic carbocycles. The van der Waals surface area contributed by atoms with Crippen LogP contribution in [0.4, 0.5) is 5.69 Å². The van der Waals surface area contributed by atoms with E-state index < -0.39 is 5.91 Å². The Hall–Kier alpha value is -4.32. The van der Waals surface area contributed by atoms with Crippen molar-refractivity contribution in [2.24, 2.45) is 10.2 Å². The van der Waals surface area contributed by atoms with Gasteiger partial charge in [0.1, 0.15) is 0 Å². The minimum absolute atomic E-state index is 0.00634. The first-order chi connectivity index (χ1) is 16.4. The minimum atomic E-state index is -0.490. The molecule has 168 valence electrons. The number of fused-ring (bicyclic) bond motifs is 2. The zero-order valence-electron chi connectivity index (χ0n) is 19.2. The SMILES string of the molecule is Cc1ccc2nc(-c3ccccc3)cc(C(=O)N=Nc3c(O)n(C(C)C)c4ccccc34)c2c1. The molecule has 1 N–H and O–H groups in total. The fourth-order valence-corrected chi connectivity index (χ4v) is 4.28. The van der Waals surface area contributed by atoms with E-state index in [1.54, 1.807) is 10.6 Å². The van der Waals surface area contributed by atoms with Gasteiger partial charge in [-0.1, -0.05) is 60.2 Å². The van der Waals surface area contributed by atoms with E-state index in [-0.39, 0.29) is 17.6 Å². The number of benzene rings is 3. The molecule has 6 heteroatoms. The van der Waals surface area contributed by atoms with Gasteiger partial charge in [-0.2, -0.15) is 0 Å². The van der Waals surface area contributed by atoms with Crippen LogP contribution in [0.15, 0.2) is 89.1 Å². The molecule has 0 fully saturated rings. The summed E-state index contributed by atoms with van der Waals surface area (Å²) in [5.41, 5.74) is 4.88. The van der Waals surface area contributed by atoms with Crippen molar-refractivity contribution in [2.45, 2.75) is 26.8 Å². The number of amides is 1. The summed E-state index contributed by atoms with van der Waals surface area (Å²) in [5, 5.41) is 20.6. The van der Waals surface area contributed by atoms with Crippen LogP contribution in [0.25, 0.3) is 33.1 Å². The van der Waals surface area contributed by atoms with Gasteiger partial charge in [0, 0.05) is 22.4 Å². The zero-order chi connectivity index (χ0) is 23.8. The smallest absolute Gasteiger partial charge is 0.296 e. The van der Waals surface area contributed by atoms with E-state index in [4.69, 9.17) is 4.98 Å². The van der Waals surface area contributed by atoms with Crippen LogP contribution in [0.1, 0.15) is 35.8 Å². The number of aryl methyl sites for hydroxylation is 1. The second-order valence-corrected chi connectivity index (χ2v) is 8.60. The topological polar surface area (TPSA) is 79.8 Å². The fraction of sp³-hybridized carbons (Fsp3) is 0.143. The number of aromatic nitrogens is 2. The molecule has 0 aliphatic carbocycles. The van der Waals surface area contributed by atoms with Crippen molar-refractivity contribution in [3.05, 3.63) is 90.0 Å². The Bertz CT molecular complexity index is 1570. The molecule has 0 aliphatic heterocycles. The van der Waals surface area contributed by atoms with Crippen LogP contribution < -0.4 is 0 Å². The van der Waals surface area contributed by atoms with Crippen LogP contribution in [-0.4, -0.2) is 20.6 Å². The Morgan fingerprint density at radius 2 is 1.68 bits per heavy atom. The van der Waals surface area contributed by atoms with Crippen molar-refractivity contribution in [3.8, 4) is 17.1 Å². The van der Waals surface area contributed by atoms with Crippen LogP contribution >= 0.6 is 0 Å². The average molecular weight is 449 g/mol. The summed E-state index contributed by atoms with van der Waals surface area (Å²) < 4.78 is 1.78. The van der Waals surface area contributed by atoms with Gasteiger partial charge >= 0.3 is 0 Å². The Kier molecular flexibility index (Phi) is 5.42. The maximum atomic E-state index is 13.3. The first-order valence-electron chi connectivity index (χ1n) is 11.2. The predicted octanol–water partition coefficient (Wildman–Crippen LogP) is 7.38. The van der Waals surface area contributed by atoms with Crippen molar-refractivity contribution in [2.75, 3.05) is 0 Å². The normalized spacial score (nSPS) is 11.8. The quantitative estimate of drug-likeness (QED) is 0.291. The predicted molar refractivity (Wildman–Crippen MR) is 135 cm³/mol. The lowest BCUT2D eigenvalue weighted by atomic mass is 10.0. The maximum absolute atomic E-state index is 13.3. The molecule has 0 aliphatic rings. The molecular formula is C28H24N4O2. The van der Waals surface area contributed by atoms with Crippen molar-refractivity contribution in [3.63, 3.8) is 0 Å². The molecule has 0 spiro atoms. The molecule has 2 aromatic heterocycles. The van der Waals surface area contributed by atoms with Crippen LogP contribution in [0.5, 0.6) is 5.88 Å². The third-order valence-corrected chi connectivity index (χ3v) is 5.88. The number of rotatable bonds is 4. The number of azo groups is 1. The number of hydrogen-bond donors (Lipinski definition) is 1. The van der Waals surface area contributed by atoms with Gasteiger partial charge in [-0.25, -0.2) is 4.98 Å². The molecule has 0 radical (unpaired) electrons. The van der Waals surface area contributed by atoms with E-state index in [9.17, 15) is 9.90 Å². The van der Waals surface area contributed by atoms with Crippen LogP contribution in [-0.2, 0) is 0 Å². The molecule has 1 amide bonds. The van der Waals surface area contributed by atoms with Crippen LogP contribution in [0.3, 0.4) is 0 Å². The number of pyridine rings is 1. The summed E-state index contributed by atoms with van der Waals surface area (Å²) in [6, 6.07) is 24.9. The number of carbonyl (C=O) groups is 1. The molecule has 0 unspecified atom stereocenters. The van der Waals surface area contributed by atoms with Gasteiger partial charge in [0.15, 0.2) is 5.69 Å². The molecular weight excluding hydrogens is 424 g/mol. The first kappa shape index (κ1) is 21.5. The zero-order valence-corrected chi connectivity index (χ0v) is 19.2. The van der Waals surface area contributed by atoms with Gasteiger partial charge in [-0.05, 0) is 45.0 Å². The Morgan fingerprint density at radius 3 is 2.44 bits per heavy atom. The maximum Gasteiger partial charge on any atom is 0.296 e. The molecule has 0 saturated carbocycles. The monoisotopic (exact) mass is 448 g/mol. The standard InChI is InChI=1S/C28H24N4O2/c1-17(2)32-25-12-8-7-11-20(25)26(28(32)34)30-31-27(33)22-16-24(19-9-5-4-6-10-19)29-23-14-13-18(3)15-21(22)23/h4-17,34H,1-3H3. The van der Waals surface area contributed by atoms with Crippen molar-refractivity contribution in [1.29, 1.82) is 0 Å². The van der Waals surface area contributed by atoms with Crippen molar-refractivity contribution < 1.29 is 9.90 Å². The first-order valence-corrected chi connectivity index (χ1v) is 11.2. The van der Waals surface area contributed by atoms with Crippen LogP contribution in [0, 0.1) is 6.92 Å². The van der Waals surface area contributed by atoms with E-state index in [2.05, 4.69) is 10.2 Å². The lowest BCUT2D eigenvalue weighted by Crippen LogP contribution is -1.99. The Balaban J connectivity index is 1.64. The number of nitrogens with zero attached hydrogens (tertiary/aromatic N) is 4. The summed E-state index contributed by atoms with van der Waals surface area (Å²) in [7, 11) is 0. The Labute approximate surface area is 197 Å². The van der Waals surface area contributed by atoms with E-state index >= 15 is 0 Å². The highest BCUT2D eigenvalue weighted by Crippen LogP contribution is 2.41. The van der Waals surface area contributed by atoms with Gasteiger partial charge in [0.2, 0.25) is 5.88 Å². The van der Waals surface area contributed by atoms with E-state index in [0.29, 0.717) is 16.8 Å². The molecule has 5 rings (SSSR count). The summed E-state index contributed by atoms with van der Waals surface area (Å²) >= 11 is 0. The second-order valence-electron chi connectivity index (χ2n) is 8.60. The molecule has 34 heavy (non-hydrogen) atoms. The number of para-hydroxylation sites is 1. The highest BCUT2D eigenvalue weighted by Gasteiger charge is 2.19. The second kappa shape index (κ2) is 8.56. The molecule has 0 bridgehead atoms. The van der Waals surface area contributed by atoms with E-state index in [1.807, 2.05) is 93.6 Å². The van der Waals surface area contributed by atoms with E-state index in [0.717, 1.165) is 27.4 Å². The largest absolute Gasteiger partial charge is 0.493 e. The van der Waals surface area contributed by atoms with Gasteiger partial charge in [-0.15, -0.1) is 10.2 Å². The molecule has 5 aromatic rings. The number of hydrogen-bond acceptors (Lipinski definition) is 4. The highest BCUT2D eigenvalue weighted by atomic mass is 16.3. The van der Waals surface area contributed by atoms with Crippen LogP contribution in [0.2, 0.25) is 0 Å². The van der Waals surface area contributed by atoms with Crippen molar-refractivity contribution >= 4 is 33.4 Å². The van der Waals surface area contributed by atoms with Crippen molar-refractivity contribution in [1.82, 2.24) is 9.55 Å². The molecule has 0 saturated heterocycles. The molecule has 2 heterocycles. The Morgan fingerprint density at radius 1 is 0.941 bits per heavy atom. The summed E-state index contributed by atoms with van der Waals surface area (Å²) in [5.74, 6) is -0.496. The highest BCUT2D eigenvalue weighted by molar-refractivity contribution is 6.08. The third-order valence-electron chi connectivity index (χ3n) is 5.88. The van der Waals surface area contributed by atoms with Gasteiger partial charge in [0.05, 0.1) is 22.3 Å². The van der Waals surface area contributed by atoms with Gasteiger partial charge in [-0.3, -0.25) is 4.79 Å². The lowest BCUT2D eigenvalue weighted by Gasteiger charge is -2.10. The fourth-order valence-electron chi connectivity index (χ4n) is 4.28. The molecule has 0 atom stereocenters. The van der Waals surface area contributed by atoms with E-state index in [1.165, 1.54) is 0 Å². The number of carbonyl (C=O) groups excluding carboxylic acids is 1. The lowest BCUT2D eigenvalue weighted by molar-refractivity contribution is 0.0996. The summed E-state index contributed by atoms with van der Waals surface area (Å²) in [6.07, 6.45) is 0.